The third-order valence-corrected chi connectivity index (χ3v) is 4.73. The Labute approximate surface area is 139 Å². The van der Waals surface area contributed by atoms with E-state index in [0.717, 1.165) is 0 Å². The molecule has 1 heterocycles. The van der Waals surface area contributed by atoms with Crippen molar-refractivity contribution in [1.82, 2.24) is 10.0 Å². The Kier molecular flexibility index (Phi) is 4.25. The summed E-state index contributed by atoms with van der Waals surface area (Å²) in [6.45, 7) is 0. The van der Waals surface area contributed by atoms with Crippen LogP contribution in [0.3, 0.4) is 0 Å². The summed E-state index contributed by atoms with van der Waals surface area (Å²) in [6.07, 6.45) is 1.81. The van der Waals surface area contributed by atoms with E-state index in [1.807, 2.05) is 0 Å². The van der Waals surface area contributed by atoms with E-state index in [9.17, 15) is 14.0 Å². The third-order valence-electron chi connectivity index (χ3n) is 4.40. The van der Waals surface area contributed by atoms with Crippen LogP contribution in [-0.2, 0) is 9.59 Å². The molecular formula is C17H18ClFN2O2. The second-order valence-electron chi connectivity index (χ2n) is 6.08. The van der Waals surface area contributed by atoms with Crippen molar-refractivity contribution in [1.29, 1.82) is 0 Å². The summed E-state index contributed by atoms with van der Waals surface area (Å²) in [7, 11) is 3.52. The minimum atomic E-state index is -0.602. The topological polar surface area (TPSA) is 40.6 Å². The summed E-state index contributed by atoms with van der Waals surface area (Å²) in [6, 6.07) is 4.43. The van der Waals surface area contributed by atoms with Crippen LogP contribution in [0, 0.1) is 5.82 Å². The van der Waals surface area contributed by atoms with Crippen molar-refractivity contribution >= 4 is 23.3 Å². The normalized spacial score (nSPS) is 22.0. The Morgan fingerprint density at radius 1 is 1.26 bits per heavy atom. The Bertz CT molecular complexity index is 694. The molecule has 1 aromatic carbocycles. The average molecular weight is 337 g/mol. The third kappa shape index (κ3) is 2.68. The summed E-state index contributed by atoms with van der Waals surface area (Å²) in [5, 5.41) is 3.47. The van der Waals surface area contributed by atoms with Crippen LogP contribution in [-0.4, -0.2) is 35.8 Å². The number of rotatable bonds is 2. The van der Waals surface area contributed by atoms with E-state index < -0.39 is 11.7 Å². The molecule has 1 atom stereocenters. The molecule has 0 aromatic heterocycles. The van der Waals surface area contributed by atoms with Gasteiger partial charge in [-0.1, -0.05) is 17.7 Å². The fraction of sp³-hybridized carbons (Fsp3) is 0.412. The van der Waals surface area contributed by atoms with Crippen LogP contribution < -0.4 is 0 Å². The van der Waals surface area contributed by atoms with Crippen LogP contribution in [0.5, 0.6) is 0 Å². The van der Waals surface area contributed by atoms with Crippen molar-refractivity contribution in [3.05, 3.63) is 45.9 Å². The summed E-state index contributed by atoms with van der Waals surface area (Å²) < 4.78 is 14.3. The first kappa shape index (κ1) is 16.1. The van der Waals surface area contributed by atoms with E-state index >= 15 is 0 Å². The average Bonchev–Trinajstić information content (AvgIpc) is 2.46. The molecule has 1 aromatic rings. The van der Waals surface area contributed by atoms with E-state index in [1.54, 1.807) is 25.2 Å². The minimum absolute atomic E-state index is 0.0186. The lowest BCUT2D eigenvalue weighted by Gasteiger charge is -2.41. The molecule has 0 saturated heterocycles. The first-order valence-corrected chi connectivity index (χ1v) is 8.00. The highest BCUT2D eigenvalue weighted by molar-refractivity contribution is 6.31. The molecule has 6 heteroatoms. The molecule has 3 rings (SSSR count). The molecule has 2 aliphatic rings. The molecular weight excluding hydrogens is 319 g/mol. The maximum Gasteiger partial charge on any atom is 0.242 e. The van der Waals surface area contributed by atoms with E-state index in [0.29, 0.717) is 30.5 Å². The molecule has 0 unspecified atom stereocenters. The molecule has 1 aliphatic carbocycles. The smallest absolute Gasteiger partial charge is 0.242 e. The summed E-state index contributed by atoms with van der Waals surface area (Å²) >= 11 is 6.18. The predicted octanol–water partition coefficient (Wildman–Crippen LogP) is 3.28. The lowest BCUT2D eigenvalue weighted by molar-refractivity contribution is -0.143. The van der Waals surface area contributed by atoms with Gasteiger partial charge in [0.15, 0.2) is 5.78 Å². The number of hydrogen-bond acceptors (Lipinski definition) is 3. The first-order valence-electron chi connectivity index (χ1n) is 7.62. The van der Waals surface area contributed by atoms with Gasteiger partial charge in [-0.2, -0.15) is 0 Å². The Hall–Kier alpha value is -1.72. The molecule has 0 spiro atoms. The van der Waals surface area contributed by atoms with Crippen LogP contribution >= 0.6 is 11.6 Å². The largest absolute Gasteiger partial charge is 0.294 e. The van der Waals surface area contributed by atoms with Gasteiger partial charge in [0.2, 0.25) is 5.91 Å². The van der Waals surface area contributed by atoms with Gasteiger partial charge in [-0.3, -0.25) is 9.59 Å². The molecule has 1 amide bonds. The zero-order valence-electron chi connectivity index (χ0n) is 13.1. The summed E-state index contributed by atoms with van der Waals surface area (Å²) in [4.78, 5) is 25.1. The zero-order valence-corrected chi connectivity index (χ0v) is 13.9. The summed E-state index contributed by atoms with van der Waals surface area (Å²) in [5.74, 6) is -1.24. The van der Waals surface area contributed by atoms with Crippen molar-refractivity contribution in [2.75, 3.05) is 14.1 Å². The highest BCUT2D eigenvalue weighted by atomic mass is 35.5. The predicted molar refractivity (Wildman–Crippen MR) is 85.2 cm³/mol. The number of benzene rings is 1. The number of nitrogens with zero attached hydrogens (tertiary/aromatic N) is 2. The van der Waals surface area contributed by atoms with Crippen LogP contribution in [0.15, 0.2) is 29.5 Å². The second-order valence-corrected chi connectivity index (χ2v) is 6.49. The monoisotopic (exact) mass is 336 g/mol. The van der Waals surface area contributed by atoms with Crippen molar-refractivity contribution in [3.8, 4) is 0 Å². The van der Waals surface area contributed by atoms with Crippen molar-refractivity contribution in [2.45, 2.75) is 31.6 Å². The number of amides is 1. The summed E-state index contributed by atoms with van der Waals surface area (Å²) in [5.41, 5.74) is 1.48. The standard InChI is InChI=1S/C17H18ClFN2O2/c1-20(2)21-13-7-4-8-14(22)17(13)10(9-15(21)23)16-11(18)5-3-6-12(16)19/h3,5-6,10H,4,7-9H2,1-2H3/t10-/m1/s1. The highest BCUT2D eigenvalue weighted by Crippen LogP contribution is 2.44. The number of hydrazine groups is 1. The number of allylic oxidation sites excluding steroid dienone is 2. The lowest BCUT2D eigenvalue weighted by Crippen LogP contribution is -2.47. The van der Waals surface area contributed by atoms with Crippen molar-refractivity contribution < 1.29 is 14.0 Å². The van der Waals surface area contributed by atoms with Gasteiger partial charge >= 0.3 is 0 Å². The van der Waals surface area contributed by atoms with Gasteiger partial charge in [0.1, 0.15) is 5.82 Å². The molecule has 0 bridgehead atoms. The van der Waals surface area contributed by atoms with Crippen LogP contribution in [0.25, 0.3) is 0 Å². The van der Waals surface area contributed by atoms with Gasteiger partial charge in [0.05, 0.1) is 0 Å². The molecule has 0 radical (unpaired) electrons. The van der Waals surface area contributed by atoms with Gasteiger partial charge in [-0.15, -0.1) is 0 Å². The molecule has 0 saturated carbocycles. The maximum atomic E-state index is 14.3. The lowest BCUT2D eigenvalue weighted by atomic mass is 9.77. The second kappa shape index (κ2) is 6.06. The van der Waals surface area contributed by atoms with Crippen LogP contribution in [0.1, 0.15) is 37.2 Å². The minimum Gasteiger partial charge on any atom is -0.294 e. The maximum absolute atomic E-state index is 14.3. The van der Waals surface area contributed by atoms with E-state index in [2.05, 4.69) is 0 Å². The molecule has 23 heavy (non-hydrogen) atoms. The van der Waals surface area contributed by atoms with Gasteiger partial charge in [0.25, 0.3) is 0 Å². The molecule has 4 nitrogen and oxygen atoms in total. The van der Waals surface area contributed by atoms with Crippen molar-refractivity contribution in [3.63, 3.8) is 0 Å². The Morgan fingerprint density at radius 3 is 2.65 bits per heavy atom. The molecule has 0 N–H and O–H groups in total. The molecule has 122 valence electrons. The zero-order chi connectivity index (χ0) is 16.7. The SMILES string of the molecule is CN(C)N1C(=O)C[C@H](c2c(F)cccc2Cl)C2=C1CCCC2=O. The number of ketones is 1. The van der Waals surface area contributed by atoms with Crippen LogP contribution in [0.4, 0.5) is 4.39 Å². The van der Waals surface area contributed by atoms with Gasteiger partial charge in [-0.05, 0) is 25.0 Å². The number of carbonyl (C=O) groups is 2. The van der Waals surface area contributed by atoms with E-state index in [4.69, 9.17) is 11.6 Å². The fourth-order valence-corrected chi connectivity index (χ4v) is 3.82. The number of hydrogen-bond donors (Lipinski definition) is 0. The fourth-order valence-electron chi connectivity index (χ4n) is 3.53. The number of Topliss-reactive ketones (excluding diaryl/α,β-unsaturated/α-hetero) is 1. The number of carbonyl (C=O) groups excluding carboxylic acids is 2. The first-order chi connectivity index (χ1) is 10.9. The number of halogens is 2. The molecule has 0 fully saturated rings. The highest BCUT2D eigenvalue weighted by Gasteiger charge is 2.41. The Morgan fingerprint density at radius 2 is 2.00 bits per heavy atom. The van der Waals surface area contributed by atoms with Gasteiger partial charge in [-0.25, -0.2) is 14.4 Å². The van der Waals surface area contributed by atoms with Crippen molar-refractivity contribution in [2.24, 2.45) is 0 Å². The molecule has 1 aliphatic heterocycles. The van der Waals surface area contributed by atoms with Gasteiger partial charge < -0.3 is 0 Å². The van der Waals surface area contributed by atoms with Gasteiger partial charge in [0, 0.05) is 54.7 Å². The van der Waals surface area contributed by atoms with E-state index in [-0.39, 0.29) is 28.7 Å². The Balaban J connectivity index is 2.20. The quantitative estimate of drug-likeness (QED) is 0.832. The van der Waals surface area contributed by atoms with E-state index in [1.165, 1.54) is 17.1 Å². The van der Waals surface area contributed by atoms with Crippen LogP contribution in [0.2, 0.25) is 5.02 Å².